The summed E-state index contributed by atoms with van der Waals surface area (Å²) in [6.07, 6.45) is -3.18. The van der Waals surface area contributed by atoms with Crippen molar-refractivity contribution in [3.05, 3.63) is 0 Å². The fraction of sp³-hybridized carbons (Fsp3) is 1.00. The number of hydrogen-bond acceptors (Lipinski definition) is 2. The van der Waals surface area contributed by atoms with Crippen molar-refractivity contribution in [2.24, 2.45) is 5.41 Å². The zero-order chi connectivity index (χ0) is 10.3. The van der Waals surface area contributed by atoms with Crippen molar-refractivity contribution >= 4 is 9.84 Å². The Labute approximate surface area is 75.0 Å². The molecule has 0 atom stereocenters. The van der Waals surface area contributed by atoms with E-state index in [4.69, 9.17) is 0 Å². The van der Waals surface area contributed by atoms with Gasteiger partial charge in [-0.1, -0.05) is 6.92 Å². The van der Waals surface area contributed by atoms with E-state index in [0.29, 0.717) is 12.8 Å². The first-order valence-electron chi connectivity index (χ1n) is 3.89. The van der Waals surface area contributed by atoms with Gasteiger partial charge in [0.15, 0.2) is 9.84 Å². The monoisotopic (exact) mass is 216 g/mol. The Bertz CT molecular complexity index is 274. The molecule has 1 aliphatic rings. The third-order valence-electron chi connectivity index (χ3n) is 2.06. The van der Waals surface area contributed by atoms with Crippen molar-refractivity contribution in [1.29, 1.82) is 0 Å². The highest BCUT2D eigenvalue weighted by atomic mass is 32.2. The molecule has 6 heteroatoms. The molecule has 0 N–H and O–H groups in total. The molecular formula is C7H11F3O2S. The highest BCUT2D eigenvalue weighted by Crippen LogP contribution is 2.46. The van der Waals surface area contributed by atoms with Gasteiger partial charge in [-0.15, -0.1) is 0 Å². The van der Waals surface area contributed by atoms with E-state index < -0.39 is 21.8 Å². The van der Waals surface area contributed by atoms with Crippen LogP contribution in [0.5, 0.6) is 0 Å². The summed E-state index contributed by atoms with van der Waals surface area (Å²) in [6, 6.07) is 0. The van der Waals surface area contributed by atoms with Crippen molar-refractivity contribution in [2.75, 3.05) is 11.5 Å². The molecule has 0 saturated heterocycles. The molecule has 0 bridgehead atoms. The molecule has 1 aliphatic carbocycles. The summed E-state index contributed by atoms with van der Waals surface area (Å²) >= 11 is 0. The van der Waals surface area contributed by atoms with Crippen molar-refractivity contribution in [3.8, 4) is 0 Å². The van der Waals surface area contributed by atoms with Gasteiger partial charge in [0.25, 0.3) is 0 Å². The first-order valence-corrected chi connectivity index (χ1v) is 5.71. The summed E-state index contributed by atoms with van der Waals surface area (Å²) in [7, 11) is -3.96. The number of sulfone groups is 1. The van der Waals surface area contributed by atoms with E-state index in [9.17, 15) is 21.6 Å². The van der Waals surface area contributed by atoms with E-state index in [1.165, 1.54) is 0 Å². The fourth-order valence-corrected chi connectivity index (χ4v) is 3.14. The van der Waals surface area contributed by atoms with Crippen LogP contribution in [-0.2, 0) is 9.84 Å². The van der Waals surface area contributed by atoms with Crippen LogP contribution in [0.1, 0.15) is 19.8 Å². The van der Waals surface area contributed by atoms with Crippen LogP contribution in [0.3, 0.4) is 0 Å². The average Bonchev–Trinajstić information content (AvgIpc) is 2.36. The maximum atomic E-state index is 11.8. The van der Waals surface area contributed by atoms with Crippen molar-refractivity contribution < 1.29 is 21.6 Å². The van der Waals surface area contributed by atoms with Crippen LogP contribution in [0, 0.1) is 5.41 Å². The lowest BCUT2D eigenvalue weighted by molar-refractivity contribution is -0.106. The van der Waals surface area contributed by atoms with Gasteiger partial charge in [0.05, 0.1) is 5.75 Å². The first-order chi connectivity index (χ1) is 5.62. The van der Waals surface area contributed by atoms with Gasteiger partial charge in [0, 0.05) is 0 Å². The van der Waals surface area contributed by atoms with Crippen molar-refractivity contribution in [2.45, 2.75) is 25.9 Å². The summed E-state index contributed by atoms with van der Waals surface area (Å²) in [4.78, 5) is 0. The summed E-state index contributed by atoms with van der Waals surface area (Å²) < 4.78 is 57.3. The number of halogens is 3. The fourth-order valence-electron chi connectivity index (χ4n) is 1.19. The van der Waals surface area contributed by atoms with Crippen molar-refractivity contribution in [1.82, 2.24) is 0 Å². The van der Waals surface area contributed by atoms with Crippen LogP contribution < -0.4 is 0 Å². The lowest BCUT2D eigenvalue weighted by atomic mass is 10.2. The quantitative estimate of drug-likeness (QED) is 0.720. The topological polar surface area (TPSA) is 34.1 Å². The van der Waals surface area contributed by atoms with E-state index in [0.717, 1.165) is 0 Å². The van der Waals surface area contributed by atoms with Gasteiger partial charge in [-0.05, 0) is 18.3 Å². The van der Waals surface area contributed by atoms with Crippen LogP contribution in [-0.4, -0.2) is 26.1 Å². The lowest BCUT2D eigenvalue weighted by Gasteiger charge is -2.10. The van der Waals surface area contributed by atoms with Gasteiger partial charge in [0.1, 0.15) is 5.75 Å². The Morgan fingerprint density at radius 1 is 1.31 bits per heavy atom. The first kappa shape index (κ1) is 10.8. The molecule has 0 aromatic carbocycles. The Kier molecular flexibility index (Phi) is 2.38. The predicted molar refractivity (Wildman–Crippen MR) is 42.0 cm³/mol. The highest BCUT2D eigenvalue weighted by Gasteiger charge is 2.44. The normalized spacial score (nSPS) is 21.5. The summed E-state index contributed by atoms with van der Waals surface area (Å²) in [6.45, 7) is 1.70. The third kappa shape index (κ3) is 3.97. The predicted octanol–water partition coefficient (Wildman–Crippen LogP) is 1.76. The van der Waals surface area contributed by atoms with E-state index >= 15 is 0 Å². The maximum Gasteiger partial charge on any atom is 0.402 e. The van der Waals surface area contributed by atoms with Gasteiger partial charge >= 0.3 is 6.18 Å². The largest absolute Gasteiger partial charge is 0.402 e. The van der Waals surface area contributed by atoms with Crippen LogP contribution in [0.15, 0.2) is 0 Å². The highest BCUT2D eigenvalue weighted by molar-refractivity contribution is 7.91. The average molecular weight is 216 g/mol. The van der Waals surface area contributed by atoms with Gasteiger partial charge in [-0.2, -0.15) is 13.2 Å². The Morgan fingerprint density at radius 2 is 1.77 bits per heavy atom. The number of rotatable bonds is 3. The van der Waals surface area contributed by atoms with Crippen LogP contribution in [0.4, 0.5) is 13.2 Å². The summed E-state index contributed by atoms with van der Waals surface area (Å²) in [5.74, 6) is -2.02. The molecule has 0 aliphatic heterocycles. The second-order valence-electron chi connectivity index (χ2n) is 3.96. The smallest absolute Gasteiger partial charge is 0.228 e. The molecule has 0 heterocycles. The third-order valence-corrected chi connectivity index (χ3v) is 3.96. The lowest BCUT2D eigenvalue weighted by Crippen LogP contribution is -2.27. The molecular weight excluding hydrogens is 205 g/mol. The van der Waals surface area contributed by atoms with E-state index in [1.54, 1.807) is 6.92 Å². The molecule has 78 valence electrons. The van der Waals surface area contributed by atoms with Crippen LogP contribution in [0.25, 0.3) is 0 Å². The Morgan fingerprint density at radius 3 is 2.08 bits per heavy atom. The molecule has 1 saturated carbocycles. The molecule has 1 rings (SSSR count). The molecule has 0 aromatic rings. The molecule has 2 nitrogen and oxygen atoms in total. The van der Waals surface area contributed by atoms with Crippen LogP contribution in [0.2, 0.25) is 0 Å². The SMILES string of the molecule is CC1(CS(=O)(=O)CC(F)(F)F)CC1. The zero-order valence-electron chi connectivity index (χ0n) is 7.19. The second-order valence-corrected chi connectivity index (χ2v) is 6.02. The van der Waals surface area contributed by atoms with E-state index in [-0.39, 0.29) is 11.2 Å². The minimum atomic E-state index is -4.61. The minimum absolute atomic E-state index is 0.334. The molecule has 0 radical (unpaired) electrons. The maximum absolute atomic E-state index is 11.8. The second kappa shape index (κ2) is 2.87. The van der Waals surface area contributed by atoms with Crippen LogP contribution >= 0.6 is 0 Å². The van der Waals surface area contributed by atoms with Gasteiger partial charge in [-0.25, -0.2) is 8.42 Å². The summed E-state index contributed by atoms with van der Waals surface area (Å²) in [5.41, 5.74) is -0.385. The van der Waals surface area contributed by atoms with Gasteiger partial charge in [-0.3, -0.25) is 0 Å². The minimum Gasteiger partial charge on any atom is -0.228 e. The molecule has 0 aromatic heterocycles. The molecule has 0 unspecified atom stereocenters. The van der Waals surface area contributed by atoms with Gasteiger partial charge in [0.2, 0.25) is 0 Å². The zero-order valence-corrected chi connectivity index (χ0v) is 8.00. The Hall–Kier alpha value is -0.260. The standard InChI is InChI=1S/C7H11F3O2S/c1-6(2-3-6)4-13(11,12)5-7(8,9)10/h2-5H2,1H3. The summed E-state index contributed by atoms with van der Waals surface area (Å²) in [5, 5.41) is 0. The Balaban J connectivity index is 2.57. The van der Waals surface area contributed by atoms with Crippen molar-refractivity contribution in [3.63, 3.8) is 0 Å². The molecule has 1 fully saturated rings. The number of alkyl halides is 3. The van der Waals surface area contributed by atoms with Gasteiger partial charge < -0.3 is 0 Å². The van der Waals surface area contributed by atoms with E-state index in [1.807, 2.05) is 0 Å². The molecule has 0 spiro atoms. The molecule has 13 heavy (non-hydrogen) atoms. The van der Waals surface area contributed by atoms with E-state index in [2.05, 4.69) is 0 Å². The molecule has 0 amide bonds. The number of hydrogen-bond donors (Lipinski definition) is 0.